The number of carbonyl (C=O) groups is 3. The van der Waals surface area contributed by atoms with Crippen LogP contribution in [0.3, 0.4) is 0 Å². The zero-order valence-electron chi connectivity index (χ0n) is 15.6. The quantitative estimate of drug-likeness (QED) is 0.778. The lowest BCUT2D eigenvalue weighted by molar-refractivity contribution is -0.123. The Hall–Kier alpha value is -2.57. The summed E-state index contributed by atoms with van der Waals surface area (Å²) >= 11 is 0. The normalized spacial score (nSPS) is 11.4. The van der Waals surface area contributed by atoms with Crippen LogP contribution in [0.25, 0.3) is 0 Å². The summed E-state index contributed by atoms with van der Waals surface area (Å²) in [7, 11) is 0. The van der Waals surface area contributed by atoms with E-state index in [0.717, 1.165) is 0 Å². The smallest absolute Gasteiger partial charge is 0.408 e. The first-order valence-corrected chi connectivity index (χ1v) is 8.05. The first kappa shape index (κ1) is 20.5. The molecule has 0 atom stereocenters. The van der Waals surface area contributed by atoms with E-state index in [1.54, 1.807) is 45.0 Å². The maximum atomic E-state index is 11.9. The van der Waals surface area contributed by atoms with E-state index in [1.165, 1.54) is 0 Å². The minimum Gasteiger partial charge on any atom is -0.444 e. The van der Waals surface area contributed by atoms with Crippen LogP contribution >= 0.6 is 0 Å². The summed E-state index contributed by atoms with van der Waals surface area (Å²) in [6.45, 7) is 10.5. The molecule has 0 bridgehead atoms. The molecular weight excluding hydrogens is 322 g/mol. The molecule has 3 amide bonds. The number of alkyl carbamates (subject to hydrolysis) is 1. The second-order valence-electron chi connectivity index (χ2n) is 7.69. The van der Waals surface area contributed by atoms with Crippen LogP contribution in [-0.2, 0) is 14.3 Å². The predicted molar refractivity (Wildman–Crippen MR) is 97.4 cm³/mol. The standard InChI is InChI=1S/C18H27N3O4/c1-17(2,3)15(23)21-13-9-7-12(8-10-13)20-14(22)11-19-16(24)25-18(4,5)6/h7-10H,11H2,1-6H3,(H,19,24)(H,20,22)(H,21,23). The fourth-order valence-corrected chi connectivity index (χ4v) is 1.63. The minimum atomic E-state index is -0.650. The lowest BCUT2D eigenvalue weighted by Gasteiger charge is -2.19. The summed E-state index contributed by atoms with van der Waals surface area (Å²) < 4.78 is 5.05. The van der Waals surface area contributed by atoms with Crippen molar-refractivity contribution in [2.75, 3.05) is 17.2 Å². The Morgan fingerprint density at radius 2 is 1.36 bits per heavy atom. The first-order valence-electron chi connectivity index (χ1n) is 8.05. The molecule has 0 spiro atoms. The lowest BCUT2D eigenvalue weighted by atomic mass is 9.95. The molecule has 0 unspecified atom stereocenters. The SMILES string of the molecule is CC(C)(C)OC(=O)NCC(=O)Nc1ccc(NC(=O)C(C)(C)C)cc1. The third kappa shape index (κ3) is 8.19. The Labute approximate surface area is 148 Å². The van der Waals surface area contributed by atoms with Crippen LogP contribution in [-0.4, -0.2) is 30.1 Å². The van der Waals surface area contributed by atoms with Gasteiger partial charge in [0.1, 0.15) is 12.1 Å². The number of amides is 3. The van der Waals surface area contributed by atoms with Crippen LogP contribution in [0.15, 0.2) is 24.3 Å². The highest BCUT2D eigenvalue weighted by Gasteiger charge is 2.21. The van der Waals surface area contributed by atoms with Gasteiger partial charge in [-0.05, 0) is 45.0 Å². The number of benzene rings is 1. The van der Waals surface area contributed by atoms with Gasteiger partial charge in [-0.3, -0.25) is 9.59 Å². The van der Waals surface area contributed by atoms with Crippen molar-refractivity contribution in [3.8, 4) is 0 Å². The fraction of sp³-hybridized carbons (Fsp3) is 0.500. The lowest BCUT2D eigenvalue weighted by Crippen LogP contribution is -2.37. The van der Waals surface area contributed by atoms with Gasteiger partial charge in [-0.15, -0.1) is 0 Å². The van der Waals surface area contributed by atoms with Crippen molar-refractivity contribution in [3.63, 3.8) is 0 Å². The van der Waals surface area contributed by atoms with Gasteiger partial charge in [-0.2, -0.15) is 0 Å². The molecule has 0 aromatic heterocycles. The maximum Gasteiger partial charge on any atom is 0.408 e. The molecule has 1 aromatic carbocycles. The third-order valence-corrected chi connectivity index (χ3v) is 2.90. The highest BCUT2D eigenvalue weighted by Crippen LogP contribution is 2.19. The first-order chi connectivity index (χ1) is 11.4. The molecule has 0 fully saturated rings. The summed E-state index contributed by atoms with van der Waals surface area (Å²) in [4.78, 5) is 35.2. The summed E-state index contributed by atoms with van der Waals surface area (Å²) in [6, 6.07) is 6.73. The Morgan fingerprint density at radius 3 is 1.80 bits per heavy atom. The fourth-order valence-electron chi connectivity index (χ4n) is 1.63. The number of anilines is 2. The van der Waals surface area contributed by atoms with E-state index in [0.29, 0.717) is 11.4 Å². The van der Waals surface area contributed by atoms with Crippen molar-refractivity contribution in [2.45, 2.75) is 47.1 Å². The second-order valence-corrected chi connectivity index (χ2v) is 7.69. The van der Waals surface area contributed by atoms with E-state index in [2.05, 4.69) is 16.0 Å². The number of carbonyl (C=O) groups excluding carboxylic acids is 3. The Bertz CT molecular complexity index is 625. The average molecular weight is 349 g/mol. The van der Waals surface area contributed by atoms with E-state index in [9.17, 15) is 14.4 Å². The number of hydrogen-bond donors (Lipinski definition) is 3. The molecule has 0 heterocycles. The van der Waals surface area contributed by atoms with E-state index < -0.39 is 17.1 Å². The molecule has 138 valence electrons. The Balaban J connectivity index is 2.48. The highest BCUT2D eigenvalue weighted by atomic mass is 16.6. The predicted octanol–water partition coefficient (Wildman–Crippen LogP) is 3.13. The maximum absolute atomic E-state index is 11.9. The molecule has 7 heteroatoms. The highest BCUT2D eigenvalue weighted by molar-refractivity contribution is 5.96. The molecule has 3 N–H and O–H groups in total. The van der Waals surface area contributed by atoms with Gasteiger partial charge < -0.3 is 20.7 Å². The van der Waals surface area contributed by atoms with Crippen molar-refractivity contribution >= 4 is 29.3 Å². The van der Waals surface area contributed by atoms with Crippen molar-refractivity contribution in [3.05, 3.63) is 24.3 Å². The molecule has 25 heavy (non-hydrogen) atoms. The van der Waals surface area contributed by atoms with Crippen molar-refractivity contribution < 1.29 is 19.1 Å². The van der Waals surface area contributed by atoms with Crippen LogP contribution in [0.2, 0.25) is 0 Å². The van der Waals surface area contributed by atoms with Gasteiger partial charge in [0.2, 0.25) is 11.8 Å². The monoisotopic (exact) mass is 349 g/mol. The summed E-state index contributed by atoms with van der Waals surface area (Å²) in [6.07, 6.45) is -0.650. The van der Waals surface area contributed by atoms with Gasteiger partial charge in [0.15, 0.2) is 0 Å². The van der Waals surface area contributed by atoms with Gasteiger partial charge >= 0.3 is 6.09 Å². The summed E-state index contributed by atoms with van der Waals surface area (Å²) in [5, 5.41) is 7.83. The molecular formula is C18H27N3O4. The van der Waals surface area contributed by atoms with E-state index in [4.69, 9.17) is 4.74 Å². The van der Waals surface area contributed by atoms with E-state index >= 15 is 0 Å². The molecule has 0 radical (unpaired) electrons. The Morgan fingerprint density at radius 1 is 0.880 bits per heavy atom. The number of nitrogens with one attached hydrogen (secondary N) is 3. The molecule has 0 aliphatic heterocycles. The van der Waals surface area contributed by atoms with Gasteiger partial charge in [-0.1, -0.05) is 20.8 Å². The molecule has 0 aliphatic rings. The Kier molecular flexibility index (Phi) is 6.55. The number of rotatable bonds is 4. The van der Waals surface area contributed by atoms with Crippen LogP contribution in [0, 0.1) is 5.41 Å². The third-order valence-electron chi connectivity index (χ3n) is 2.90. The average Bonchev–Trinajstić information content (AvgIpc) is 2.44. The van der Waals surface area contributed by atoms with Gasteiger partial charge in [0.05, 0.1) is 0 Å². The molecule has 0 saturated carbocycles. The molecule has 0 saturated heterocycles. The second kappa shape index (κ2) is 8.00. The summed E-state index contributed by atoms with van der Waals surface area (Å²) in [5.74, 6) is -0.469. The molecule has 1 rings (SSSR count). The van der Waals surface area contributed by atoms with Crippen molar-refractivity contribution in [2.24, 2.45) is 5.41 Å². The minimum absolute atomic E-state index is 0.0918. The largest absolute Gasteiger partial charge is 0.444 e. The van der Waals surface area contributed by atoms with Crippen LogP contribution in [0.4, 0.5) is 16.2 Å². The van der Waals surface area contributed by atoms with Gasteiger partial charge in [0.25, 0.3) is 0 Å². The zero-order chi connectivity index (χ0) is 19.3. The van der Waals surface area contributed by atoms with Gasteiger partial charge in [-0.25, -0.2) is 4.79 Å². The molecule has 0 aliphatic carbocycles. The van der Waals surface area contributed by atoms with Crippen LogP contribution < -0.4 is 16.0 Å². The van der Waals surface area contributed by atoms with Gasteiger partial charge in [0, 0.05) is 16.8 Å². The number of hydrogen-bond acceptors (Lipinski definition) is 4. The van der Waals surface area contributed by atoms with Crippen LogP contribution in [0.5, 0.6) is 0 Å². The van der Waals surface area contributed by atoms with E-state index in [1.807, 2.05) is 20.8 Å². The zero-order valence-corrected chi connectivity index (χ0v) is 15.6. The molecule has 7 nitrogen and oxygen atoms in total. The van der Waals surface area contributed by atoms with Crippen molar-refractivity contribution in [1.29, 1.82) is 0 Å². The van der Waals surface area contributed by atoms with Crippen molar-refractivity contribution in [1.82, 2.24) is 5.32 Å². The van der Waals surface area contributed by atoms with Crippen LogP contribution in [0.1, 0.15) is 41.5 Å². The van der Waals surface area contributed by atoms with E-state index in [-0.39, 0.29) is 18.4 Å². The molecule has 1 aromatic rings. The number of ether oxygens (including phenoxy) is 1. The summed E-state index contributed by atoms with van der Waals surface area (Å²) in [5.41, 5.74) is 0.100. The topological polar surface area (TPSA) is 96.5 Å².